The van der Waals surface area contributed by atoms with Crippen LogP contribution in [0, 0.1) is 6.92 Å². The second kappa shape index (κ2) is 5.60. The van der Waals surface area contributed by atoms with Gasteiger partial charge in [0, 0.05) is 16.4 Å². The van der Waals surface area contributed by atoms with Crippen LogP contribution >= 0.6 is 27.3 Å². The molecular weight excluding hydrogens is 282 g/mol. The predicted octanol–water partition coefficient (Wildman–Crippen LogP) is 4.17. The van der Waals surface area contributed by atoms with Crippen LogP contribution in [0.25, 0.3) is 0 Å². The Hall–Kier alpha value is -0.670. The fourth-order valence-electron chi connectivity index (χ4n) is 1.88. The zero-order valence-corrected chi connectivity index (χ0v) is 11.6. The maximum Gasteiger partial charge on any atom is 0.0794 e. The summed E-state index contributed by atoms with van der Waals surface area (Å²) in [6.07, 6.45) is 3.04. The van der Waals surface area contributed by atoms with Gasteiger partial charge in [0.05, 0.1) is 5.51 Å². The van der Waals surface area contributed by atoms with Gasteiger partial charge >= 0.3 is 0 Å². The highest BCUT2D eigenvalue weighted by Crippen LogP contribution is 2.26. The molecule has 0 bridgehead atoms. The Labute approximate surface area is 109 Å². The van der Waals surface area contributed by atoms with Gasteiger partial charge in [0.15, 0.2) is 0 Å². The second-order valence-electron chi connectivity index (χ2n) is 3.88. The average molecular weight is 296 g/mol. The minimum absolute atomic E-state index is 0.543. The van der Waals surface area contributed by atoms with E-state index in [4.69, 9.17) is 0 Å². The third-order valence-corrected chi connectivity index (χ3v) is 4.33. The summed E-state index contributed by atoms with van der Waals surface area (Å²) in [5.41, 5.74) is 4.71. The predicted molar refractivity (Wildman–Crippen MR) is 73.5 cm³/mol. The van der Waals surface area contributed by atoms with Gasteiger partial charge in [0.25, 0.3) is 0 Å². The summed E-state index contributed by atoms with van der Waals surface area (Å²) in [6.45, 7) is 2.18. The standard InChI is InChI=1S/C13H14BrNS/c1-10-4-2-3-5-13(10)11(7-14)6-12-8-15-9-16-12/h2-5,8-9,11H,6-7H2,1H3. The van der Waals surface area contributed by atoms with E-state index < -0.39 is 0 Å². The Balaban J connectivity index is 2.20. The summed E-state index contributed by atoms with van der Waals surface area (Å²) in [6, 6.07) is 8.61. The first kappa shape index (κ1) is 11.8. The zero-order chi connectivity index (χ0) is 11.4. The molecule has 0 aliphatic rings. The molecule has 1 aromatic heterocycles. The van der Waals surface area contributed by atoms with E-state index in [-0.39, 0.29) is 0 Å². The molecule has 1 atom stereocenters. The second-order valence-corrected chi connectivity index (χ2v) is 5.50. The van der Waals surface area contributed by atoms with Crippen molar-refractivity contribution in [3.8, 4) is 0 Å². The van der Waals surface area contributed by atoms with E-state index in [2.05, 4.69) is 52.1 Å². The first-order chi connectivity index (χ1) is 7.81. The molecule has 0 fully saturated rings. The molecule has 2 aromatic rings. The van der Waals surface area contributed by atoms with Crippen molar-refractivity contribution in [2.75, 3.05) is 5.33 Å². The number of rotatable bonds is 4. The Morgan fingerprint density at radius 1 is 1.38 bits per heavy atom. The van der Waals surface area contributed by atoms with Gasteiger partial charge in [-0.25, -0.2) is 0 Å². The van der Waals surface area contributed by atoms with Crippen LogP contribution in [0.5, 0.6) is 0 Å². The van der Waals surface area contributed by atoms with Crippen LogP contribution in [0.3, 0.4) is 0 Å². The molecule has 0 aliphatic carbocycles. The Bertz CT molecular complexity index is 439. The van der Waals surface area contributed by atoms with Crippen LogP contribution in [0.4, 0.5) is 0 Å². The summed E-state index contributed by atoms with van der Waals surface area (Å²) >= 11 is 5.35. The lowest BCUT2D eigenvalue weighted by Crippen LogP contribution is -2.05. The van der Waals surface area contributed by atoms with E-state index in [1.165, 1.54) is 16.0 Å². The van der Waals surface area contributed by atoms with Gasteiger partial charge in [-0.15, -0.1) is 11.3 Å². The third-order valence-electron chi connectivity index (χ3n) is 2.75. The molecule has 0 saturated carbocycles. The van der Waals surface area contributed by atoms with Crippen molar-refractivity contribution in [3.05, 3.63) is 52.0 Å². The van der Waals surface area contributed by atoms with Crippen LogP contribution in [-0.2, 0) is 6.42 Å². The molecule has 3 heteroatoms. The molecule has 1 aromatic carbocycles. The van der Waals surface area contributed by atoms with Gasteiger partial charge in [-0.2, -0.15) is 0 Å². The molecule has 0 spiro atoms. The lowest BCUT2D eigenvalue weighted by Gasteiger charge is -2.15. The minimum Gasteiger partial charge on any atom is -0.253 e. The molecule has 84 valence electrons. The Kier molecular flexibility index (Phi) is 4.13. The summed E-state index contributed by atoms with van der Waals surface area (Å²) in [7, 11) is 0. The van der Waals surface area contributed by atoms with Crippen LogP contribution in [0.2, 0.25) is 0 Å². The fourth-order valence-corrected chi connectivity index (χ4v) is 3.13. The molecule has 0 radical (unpaired) electrons. The van der Waals surface area contributed by atoms with Crippen molar-refractivity contribution in [3.63, 3.8) is 0 Å². The molecule has 0 aliphatic heterocycles. The molecule has 0 amide bonds. The number of hydrogen-bond donors (Lipinski definition) is 0. The van der Waals surface area contributed by atoms with Crippen molar-refractivity contribution in [1.29, 1.82) is 0 Å². The third kappa shape index (κ3) is 2.71. The van der Waals surface area contributed by atoms with Crippen molar-refractivity contribution in [2.24, 2.45) is 0 Å². The minimum atomic E-state index is 0.543. The summed E-state index contributed by atoms with van der Waals surface area (Å²) in [5, 5.41) is 0.996. The van der Waals surface area contributed by atoms with E-state index in [1.54, 1.807) is 11.3 Å². The molecule has 1 unspecified atom stereocenters. The molecular formula is C13H14BrNS. The average Bonchev–Trinajstić information content (AvgIpc) is 2.80. The molecule has 1 heterocycles. The Morgan fingerprint density at radius 3 is 2.81 bits per heavy atom. The van der Waals surface area contributed by atoms with Crippen molar-refractivity contribution in [2.45, 2.75) is 19.3 Å². The molecule has 2 rings (SSSR count). The molecule has 16 heavy (non-hydrogen) atoms. The van der Waals surface area contributed by atoms with Gasteiger partial charge in [0.2, 0.25) is 0 Å². The van der Waals surface area contributed by atoms with Crippen molar-refractivity contribution in [1.82, 2.24) is 4.98 Å². The summed E-state index contributed by atoms with van der Waals surface area (Å²) in [5.74, 6) is 0.543. The largest absolute Gasteiger partial charge is 0.253 e. The van der Waals surface area contributed by atoms with Gasteiger partial charge in [-0.1, -0.05) is 40.2 Å². The van der Waals surface area contributed by atoms with Gasteiger partial charge in [-0.3, -0.25) is 4.98 Å². The highest BCUT2D eigenvalue weighted by atomic mass is 79.9. The maximum atomic E-state index is 4.13. The highest BCUT2D eigenvalue weighted by Gasteiger charge is 2.13. The summed E-state index contributed by atoms with van der Waals surface area (Å²) in [4.78, 5) is 5.48. The van der Waals surface area contributed by atoms with Crippen LogP contribution < -0.4 is 0 Å². The lowest BCUT2D eigenvalue weighted by atomic mass is 9.93. The van der Waals surface area contributed by atoms with E-state index in [0.717, 1.165) is 11.8 Å². The zero-order valence-electron chi connectivity index (χ0n) is 9.19. The molecule has 0 saturated heterocycles. The lowest BCUT2D eigenvalue weighted by molar-refractivity contribution is 0.777. The first-order valence-electron chi connectivity index (χ1n) is 5.30. The number of alkyl halides is 1. The number of aryl methyl sites for hydroxylation is 1. The van der Waals surface area contributed by atoms with Crippen LogP contribution in [0.1, 0.15) is 21.9 Å². The van der Waals surface area contributed by atoms with E-state index in [1.807, 2.05) is 11.7 Å². The van der Waals surface area contributed by atoms with Gasteiger partial charge in [0.1, 0.15) is 0 Å². The van der Waals surface area contributed by atoms with E-state index >= 15 is 0 Å². The number of thiazole rings is 1. The van der Waals surface area contributed by atoms with Crippen LogP contribution in [0.15, 0.2) is 36.0 Å². The van der Waals surface area contributed by atoms with Gasteiger partial charge in [-0.05, 0) is 30.4 Å². The first-order valence-corrected chi connectivity index (χ1v) is 7.30. The van der Waals surface area contributed by atoms with Gasteiger partial charge < -0.3 is 0 Å². The fraction of sp³-hybridized carbons (Fsp3) is 0.308. The normalized spacial score (nSPS) is 12.6. The number of hydrogen-bond acceptors (Lipinski definition) is 2. The smallest absolute Gasteiger partial charge is 0.0794 e. The number of aromatic nitrogens is 1. The Morgan fingerprint density at radius 2 is 2.19 bits per heavy atom. The molecule has 0 N–H and O–H groups in total. The topological polar surface area (TPSA) is 12.9 Å². The van der Waals surface area contributed by atoms with E-state index in [0.29, 0.717) is 5.92 Å². The number of nitrogens with zero attached hydrogens (tertiary/aromatic N) is 1. The number of halogens is 1. The van der Waals surface area contributed by atoms with Crippen molar-refractivity contribution < 1.29 is 0 Å². The van der Waals surface area contributed by atoms with Crippen LogP contribution in [-0.4, -0.2) is 10.3 Å². The highest BCUT2D eigenvalue weighted by molar-refractivity contribution is 9.09. The summed E-state index contributed by atoms with van der Waals surface area (Å²) < 4.78 is 0. The maximum absolute atomic E-state index is 4.13. The SMILES string of the molecule is Cc1ccccc1C(CBr)Cc1cncs1. The van der Waals surface area contributed by atoms with Crippen molar-refractivity contribution >= 4 is 27.3 Å². The van der Waals surface area contributed by atoms with E-state index in [9.17, 15) is 0 Å². The monoisotopic (exact) mass is 295 g/mol. The number of benzene rings is 1. The quantitative estimate of drug-likeness (QED) is 0.772. The molecule has 1 nitrogen and oxygen atoms in total.